The highest BCUT2D eigenvalue weighted by atomic mass is 19.3. The highest BCUT2D eigenvalue weighted by Crippen LogP contribution is 2.37. The number of hydrogen-bond donors (Lipinski definition) is 1. The topological polar surface area (TPSA) is 106 Å². The summed E-state index contributed by atoms with van der Waals surface area (Å²) < 4.78 is 66.5. The van der Waals surface area contributed by atoms with Gasteiger partial charge in [0.05, 0.1) is 19.3 Å². The van der Waals surface area contributed by atoms with Crippen LogP contribution in [0.3, 0.4) is 0 Å². The molecule has 4 rings (SSSR count). The molecule has 198 valence electrons. The van der Waals surface area contributed by atoms with Gasteiger partial charge in [0.1, 0.15) is 6.61 Å². The molecule has 0 radical (unpaired) electrons. The van der Waals surface area contributed by atoms with Gasteiger partial charge in [-0.3, -0.25) is 0 Å². The van der Waals surface area contributed by atoms with E-state index in [2.05, 4.69) is 9.72 Å². The molecule has 3 aromatic rings. The number of alkyl halides is 2. The third kappa shape index (κ3) is 6.53. The minimum absolute atomic E-state index is 0.00380. The summed E-state index contributed by atoms with van der Waals surface area (Å²) in [5.41, 5.74) is 6.53. The molecule has 8 nitrogen and oxygen atoms in total. The predicted molar refractivity (Wildman–Crippen MR) is 126 cm³/mol. The van der Waals surface area contributed by atoms with Crippen LogP contribution < -0.4 is 19.9 Å². The number of benzene rings is 2. The maximum atomic E-state index is 14.1. The fourth-order valence-corrected chi connectivity index (χ4v) is 3.53. The largest absolute Gasteiger partial charge is 0.490 e. The summed E-state index contributed by atoms with van der Waals surface area (Å²) in [7, 11) is 0. The number of esters is 1. The highest BCUT2D eigenvalue weighted by molar-refractivity contribution is 5.89. The predicted octanol–water partition coefficient (Wildman–Crippen LogP) is 5.65. The Morgan fingerprint density at radius 2 is 1.97 bits per heavy atom. The number of halogens is 3. The first kappa shape index (κ1) is 26.3. The van der Waals surface area contributed by atoms with Crippen molar-refractivity contribution < 1.29 is 41.3 Å². The lowest BCUT2D eigenvalue weighted by atomic mass is 10.2. The molecule has 1 aliphatic carbocycles. The van der Waals surface area contributed by atoms with Gasteiger partial charge in [0, 0.05) is 11.1 Å². The van der Waals surface area contributed by atoms with E-state index in [1.165, 1.54) is 30.3 Å². The molecule has 0 amide bonds. The van der Waals surface area contributed by atoms with Crippen LogP contribution in [0.2, 0.25) is 0 Å². The van der Waals surface area contributed by atoms with Crippen molar-refractivity contribution in [3.63, 3.8) is 0 Å². The maximum absolute atomic E-state index is 14.1. The fourth-order valence-electron chi connectivity index (χ4n) is 3.53. The van der Waals surface area contributed by atoms with Gasteiger partial charge in [-0.05, 0) is 56.9 Å². The number of para-hydroxylation sites is 1. The number of nitrogens with zero attached hydrogens (tertiary/aromatic N) is 1. The lowest BCUT2D eigenvalue weighted by Gasteiger charge is -2.12. The highest BCUT2D eigenvalue weighted by Gasteiger charge is 2.27. The Bertz CT molecular complexity index is 1240. The Kier molecular flexibility index (Phi) is 8.22. The van der Waals surface area contributed by atoms with Crippen LogP contribution in [0, 0.1) is 11.7 Å². The molecule has 1 saturated carbocycles. The summed E-state index contributed by atoms with van der Waals surface area (Å²) >= 11 is 0. The zero-order valence-electron chi connectivity index (χ0n) is 20.3. The molecule has 11 heteroatoms. The average molecular weight is 521 g/mol. The number of carbonyl (C=O) groups is 1. The number of carbonyl (C=O) groups excluding carboxylic acids is 1. The molecule has 0 bridgehead atoms. The average Bonchev–Trinajstić information content (AvgIpc) is 3.58. The number of nitrogens with two attached hydrogens (primary N) is 1. The second kappa shape index (κ2) is 11.5. The Morgan fingerprint density at radius 1 is 1.19 bits per heavy atom. The van der Waals surface area contributed by atoms with Gasteiger partial charge in [-0.1, -0.05) is 12.1 Å². The van der Waals surface area contributed by atoms with Crippen molar-refractivity contribution in [3.05, 3.63) is 59.2 Å². The summed E-state index contributed by atoms with van der Waals surface area (Å²) in [6.45, 7) is 0.611. The smallest absolute Gasteiger partial charge is 0.387 e. The zero-order valence-corrected chi connectivity index (χ0v) is 20.3. The van der Waals surface area contributed by atoms with E-state index < -0.39 is 24.4 Å². The number of hydrogen-bond acceptors (Lipinski definition) is 8. The first-order valence-corrected chi connectivity index (χ1v) is 11.8. The summed E-state index contributed by atoms with van der Waals surface area (Å²) in [6.07, 6.45) is 2.02. The van der Waals surface area contributed by atoms with Crippen molar-refractivity contribution in [2.75, 3.05) is 13.2 Å². The van der Waals surface area contributed by atoms with E-state index in [1.807, 2.05) is 0 Å². The molecule has 1 heterocycles. The van der Waals surface area contributed by atoms with Crippen molar-refractivity contribution in [2.45, 2.75) is 45.9 Å². The van der Waals surface area contributed by atoms with Crippen LogP contribution in [0.4, 0.5) is 13.2 Å². The Balaban J connectivity index is 1.58. The molecular formula is C26H27F3N2O6. The molecule has 0 saturated heterocycles. The van der Waals surface area contributed by atoms with Crippen molar-refractivity contribution in [1.82, 2.24) is 4.98 Å². The summed E-state index contributed by atoms with van der Waals surface area (Å²) in [6, 6.07) is 7.80. The van der Waals surface area contributed by atoms with Crippen molar-refractivity contribution >= 4 is 5.97 Å². The van der Waals surface area contributed by atoms with Crippen LogP contribution in [0.1, 0.15) is 54.5 Å². The third-order valence-corrected chi connectivity index (χ3v) is 5.53. The van der Waals surface area contributed by atoms with E-state index >= 15 is 0 Å². The van der Waals surface area contributed by atoms with Crippen LogP contribution in [0.5, 0.6) is 17.2 Å². The number of oxazole rings is 1. The number of ether oxygens (including phenoxy) is 4. The second-order valence-electron chi connectivity index (χ2n) is 8.55. The van der Waals surface area contributed by atoms with Crippen LogP contribution >= 0.6 is 0 Å². The van der Waals surface area contributed by atoms with Gasteiger partial charge < -0.3 is 29.1 Å². The van der Waals surface area contributed by atoms with Gasteiger partial charge in [0.2, 0.25) is 5.89 Å². The molecule has 1 atom stereocenters. The molecule has 0 spiro atoms. The zero-order chi connectivity index (χ0) is 26.5. The summed E-state index contributed by atoms with van der Waals surface area (Å²) in [4.78, 5) is 17.2. The Labute approximate surface area is 211 Å². The van der Waals surface area contributed by atoms with Crippen LogP contribution in [-0.4, -0.2) is 30.8 Å². The lowest BCUT2D eigenvalue weighted by Crippen LogP contribution is -2.13. The van der Waals surface area contributed by atoms with Crippen molar-refractivity contribution in [1.29, 1.82) is 0 Å². The molecular weight excluding hydrogens is 493 g/mol. The Hall–Kier alpha value is -3.73. The van der Waals surface area contributed by atoms with Gasteiger partial charge in [-0.2, -0.15) is 8.78 Å². The second-order valence-corrected chi connectivity index (χ2v) is 8.55. The molecule has 1 fully saturated rings. The third-order valence-electron chi connectivity index (χ3n) is 5.53. The van der Waals surface area contributed by atoms with E-state index in [4.69, 9.17) is 24.4 Å². The molecule has 1 aliphatic rings. The SMILES string of the molecule is CCOc1c(F)cccc1COC(=O)c1nc(-c2ccc(OC(F)F)c(OCC3CC3)c2)oc1[C@H](C)N. The van der Waals surface area contributed by atoms with Crippen LogP contribution in [0.25, 0.3) is 11.5 Å². The summed E-state index contributed by atoms with van der Waals surface area (Å²) in [5, 5.41) is 0. The van der Waals surface area contributed by atoms with Gasteiger partial charge in [-0.25, -0.2) is 14.2 Å². The van der Waals surface area contributed by atoms with E-state index in [0.29, 0.717) is 23.7 Å². The number of aromatic nitrogens is 1. The number of rotatable bonds is 12. The maximum Gasteiger partial charge on any atom is 0.387 e. The van der Waals surface area contributed by atoms with E-state index in [9.17, 15) is 18.0 Å². The van der Waals surface area contributed by atoms with Crippen LogP contribution in [-0.2, 0) is 11.3 Å². The monoisotopic (exact) mass is 520 g/mol. The first-order chi connectivity index (χ1) is 17.8. The molecule has 37 heavy (non-hydrogen) atoms. The first-order valence-electron chi connectivity index (χ1n) is 11.8. The lowest BCUT2D eigenvalue weighted by molar-refractivity contribution is -0.0515. The molecule has 0 aliphatic heterocycles. The van der Waals surface area contributed by atoms with Crippen LogP contribution in [0.15, 0.2) is 40.8 Å². The molecule has 2 aromatic carbocycles. The van der Waals surface area contributed by atoms with Crippen molar-refractivity contribution in [2.24, 2.45) is 11.7 Å². The van der Waals surface area contributed by atoms with Gasteiger partial charge in [0.15, 0.2) is 34.5 Å². The van der Waals surface area contributed by atoms with Crippen molar-refractivity contribution in [3.8, 4) is 28.7 Å². The minimum atomic E-state index is -3.02. The van der Waals surface area contributed by atoms with E-state index in [-0.39, 0.29) is 47.8 Å². The van der Waals surface area contributed by atoms with Gasteiger partial charge in [-0.15, -0.1) is 0 Å². The van der Waals surface area contributed by atoms with Gasteiger partial charge >= 0.3 is 12.6 Å². The molecule has 1 aromatic heterocycles. The van der Waals surface area contributed by atoms with E-state index in [1.54, 1.807) is 19.9 Å². The molecule has 2 N–H and O–H groups in total. The molecule has 0 unspecified atom stereocenters. The van der Waals surface area contributed by atoms with E-state index in [0.717, 1.165) is 12.8 Å². The standard InChI is InChI=1S/C26H27F3N2O6/c1-3-33-23-17(5-4-6-18(23)27)13-35-25(32)21-22(14(2)30)37-24(31-21)16-9-10-19(36-26(28)29)20(11-16)34-12-15-7-8-15/h4-6,9-11,14-15,26H,3,7-8,12-13,30H2,1-2H3/t14-/m0/s1. The Morgan fingerprint density at radius 3 is 2.65 bits per heavy atom. The summed E-state index contributed by atoms with van der Waals surface area (Å²) in [5.74, 6) is -0.987. The fraction of sp³-hybridized carbons (Fsp3) is 0.385. The van der Waals surface area contributed by atoms with Gasteiger partial charge in [0.25, 0.3) is 0 Å². The quantitative estimate of drug-likeness (QED) is 0.306. The normalized spacial score (nSPS) is 13.9. The minimum Gasteiger partial charge on any atom is -0.490 e.